The molecule has 1 aliphatic heterocycles. The Morgan fingerprint density at radius 3 is 2.42 bits per heavy atom. The maximum absolute atomic E-state index is 14.4. The van der Waals surface area contributed by atoms with E-state index in [1.807, 2.05) is 89.2 Å². The summed E-state index contributed by atoms with van der Waals surface area (Å²) >= 11 is 1.64. The third-order valence-corrected chi connectivity index (χ3v) is 11.2. The summed E-state index contributed by atoms with van der Waals surface area (Å²) in [5, 5.41) is 19.5. The minimum absolute atomic E-state index is 0.0115. The van der Waals surface area contributed by atoms with Gasteiger partial charge in [-0.3, -0.25) is 20.0 Å². The highest BCUT2D eigenvalue weighted by atomic mass is 32.1. The summed E-state index contributed by atoms with van der Waals surface area (Å²) in [6.45, 7) is 13.5. The number of carbonyl (C=O) groups is 4. The highest BCUT2D eigenvalue weighted by Crippen LogP contribution is 2.24. The third-order valence-electron chi connectivity index (χ3n) is 9.94. The number of thiophene rings is 1. The number of rotatable bonds is 20. The molecule has 0 saturated carbocycles. The van der Waals surface area contributed by atoms with E-state index in [9.17, 15) is 24.3 Å². The maximum Gasteiger partial charge on any atom is 0.406 e. The Hall–Kier alpha value is -4.53. The number of carbonyl (C=O) groups excluding carboxylic acids is 4. The van der Waals surface area contributed by atoms with E-state index in [0.717, 1.165) is 28.2 Å². The molecule has 2 aromatic heterocycles. The van der Waals surface area contributed by atoms with Crippen LogP contribution in [-0.2, 0) is 40.3 Å². The van der Waals surface area contributed by atoms with E-state index in [1.54, 1.807) is 26.1 Å². The summed E-state index contributed by atoms with van der Waals surface area (Å²) in [6.07, 6.45) is 0.279. The van der Waals surface area contributed by atoms with Gasteiger partial charge in [-0.05, 0) is 60.9 Å². The molecule has 300 valence electrons. The van der Waals surface area contributed by atoms with E-state index >= 15 is 0 Å². The van der Waals surface area contributed by atoms with Gasteiger partial charge in [-0.15, -0.1) is 11.3 Å². The van der Waals surface area contributed by atoms with Crippen molar-refractivity contribution in [3.05, 3.63) is 87.4 Å². The van der Waals surface area contributed by atoms with Crippen molar-refractivity contribution in [1.29, 1.82) is 0 Å². The Morgan fingerprint density at radius 1 is 1.04 bits per heavy atom. The summed E-state index contributed by atoms with van der Waals surface area (Å²) in [7, 11) is 1.29. The van der Waals surface area contributed by atoms with Crippen LogP contribution >= 0.6 is 11.3 Å². The number of aryl methyl sites for hydroxylation is 2. The molecule has 4 atom stereocenters. The second-order valence-electron chi connectivity index (χ2n) is 15.2. The predicted octanol–water partition coefficient (Wildman–Crippen LogP) is 5.06. The molecule has 4 rings (SSSR count). The number of benzene rings is 1. The lowest BCUT2D eigenvalue weighted by atomic mass is 9.89. The summed E-state index contributed by atoms with van der Waals surface area (Å²) in [5.41, 5.74) is 4.99. The van der Waals surface area contributed by atoms with Crippen LogP contribution in [0.4, 0.5) is 9.59 Å². The summed E-state index contributed by atoms with van der Waals surface area (Å²) in [5.74, 6) is -0.774. The average molecular weight is 778 g/mol. The van der Waals surface area contributed by atoms with Gasteiger partial charge in [-0.1, -0.05) is 77.4 Å². The SMILES string of the molecule is CCc1ccc(CN(CC(O)C(Cc2ccccc2)NC(=O)C(C(C)CC)N2CCN(Cc3cccc(C)n3)C2=O)NC(=O)CC(C)(C)CNC(=O)OC)s1. The van der Waals surface area contributed by atoms with Crippen LogP contribution in [0.1, 0.15) is 74.2 Å². The zero-order valence-corrected chi connectivity index (χ0v) is 34.2. The molecule has 14 heteroatoms. The molecule has 5 amide bonds. The number of aliphatic hydroxyl groups is 1. The number of hydrazine groups is 1. The molecule has 1 saturated heterocycles. The number of methoxy groups -OCH3 is 1. The second kappa shape index (κ2) is 20.4. The Bertz CT molecular complexity index is 1720. The molecule has 0 spiro atoms. The van der Waals surface area contributed by atoms with E-state index in [0.29, 0.717) is 39.0 Å². The molecule has 4 unspecified atom stereocenters. The van der Waals surface area contributed by atoms with Gasteiger partial charge in [0.25, 0.3) is 0 Å². The van der Waals surface area contributed by atoms with Gasteiger partial charge in [0, 0.05) is 48.0 Å². The smallest absolute Gasteiger partial charge is 0.406 e. The number of hydrogen-bond donors (Lipinski definition) is 4. The van der Waals surface area contributed by atoms with Crippen molar-refractivity contribution in [3.8, 4) is 0 Å². The standard InChI is InChI=1S/C41H59N7O6S/c1-8-28(3)37(48-21-20-46(40(48)53)24-31-17-13-14-29(4)43-31)38(51)44-34(22-30-15-11-10-12-16-30)35(49)26-47(25-33-19-18-32(9-2)55-33)45-36(50)23-41(5,6)27-42-39(52)54-7/h10-19,28,34-35,37,49H,8-9,20-27H2,1-7H3,(H,42,52)(H,44,51)(H,45,50). The molecule has 0 radical (unpaired) electrons. The predicted molar refractivity (Wildman–Crippen MR) is 214 cm³/mol. The Kier molecular flexibility index (Phi) is 16.0. The first-order valence-corrected chi connectivity index (χ1v) is 20.0. The first kappa shape index (κ1) is 43.2. The van der Waals surface area contributed by atoms with Crippen LogP contribution in [0.5, 0.6) is 0 Å². The summed E-state index contributed by atoms with van der Waals surface area (Å²) in [6, 6.07) is 17.7. The molecule has 1 aliphatic rings. The molecule has 0 aliphatic carbocycles. The van der Waals surface area contributed by atoms with Crippen molar-refractivity contribution >= 4 is 35.3 Å². The average Bonchev–Trinajstić information content (AvgIpc) is 3.75. The molecule has 4 N–H and O–H groups in total. The van der Waals surface area contributed by atoms with Gasteiger partial charge < -0.3 is 30.3 Å². The van der Waals surface area contributed by atoms with Crippen LogP contribution in [-0.4, -0.2) is 100 Å². The molecule has 3 aromatic rings. The van der Waals surface area contributed by atoms with E-state index in [4.69, 9.17) is 0 Å². The lowest BCUT2D eigenvalue weighted by Crippen LogP contribution is -2.58. The maximum atomic E-state index is 14.4. The lowest BCUT2D eigenvalue weighted by Gasteiger charge is -2.35. The van der Waals surface area contributed by atoms with Crippen LogP contribution in [0.3, 0.4) is 0 Å². The minimum atomic E-state index is -1.11. The molecule has 1 fully saturated rings. The fourth-order valence-corrected chi connectivity index (χ4v) is 7.70. The van der Waals surface area contributed by atoms with Crippen LogP contribution in [0.25, 0.3) is 0 Å². The Labute approximate surface area is 329 Å². The minimum Gasteiger partial charge on any atom is -0.453 e. The molecular weight excluding hydrogens is 719 g/mol. The van der Waals surface area contributed by atoms with Crippen molar-refractivity contribution < 1.29 is 29.0 Å². The first-order valence-electron chi connectivity index (χ1n) is 19.2. The van der Waals surface area contributed by atoms with Crippen molar-refractivity contribution in [2.24, 2.45) is 11.3 Å². The van der Waals surface area contributed by atoms with Crippen molar-refractivity contribution in [1.82, 2.24) is 35.9 Å². The summed E-state index contributed by atoms with van der Waals surface area (Å²) in [4.78, 5) is 63.6. The Balaban J connectivity index is 1.55. The number of nitrogens with one attached hydrogen (secondary N) is 3. The zero-order valence-electron chi connectivity index (χ0n) is 33.3. The van der Waals surface area contributed by atoms with Gasteiger partial charge in [0.2, 0.25) is 11.8 Å². The number of hydrogen-bond acceptors (Lipinski definition) is 9. The van der Waals surface area contributed by atoms with E-state index < -0.39 is 29.7 Å². The van der Waals surface area contributed by atoms with Crippen molar-refractivity contribution in [2.75, 3.05) is 33.3 Å². The summed E-state index contributed by atoms with van der Waals surface area (Å²) < 4.78 is 4.69. The fourth-order valence-electron chi connectivity index (χ4n) is 6.72. The third kappa shape index (κ3) is 13.0. The van der Waals surface area contributed by atoms with E-state index in [2.05, 4.69) is 38.8 Å². The monoisotopic (exact) mass is 777 g/mol. The molecule has 3 heterocycles. The molecule has 1 aromatic carbocycles. The fraction of sp³-hybridized carbons (Fsp3) is 0.537. The number of urea groups is 1. The van der Waals surface area contributed by atoms with Gasteiger partial charge >= 0.3 is 12.1 Å². The highest BCUT2D eigenvalue weighted by Gasteiger charge is 2.41. The highest BCUT2D eigenvalue weighted by molar-refractivity contribution is 7.11. The molecular formula is C41H59N7O6S. The number of alkyl carbamates (subject to hydrolysis) is 1. The van der Waals surface area contributed by atoms with Gasteiger partial charge in [0.1, 0.15) is 6.04 Å². The van der Waals surface area contributed by atoms with Crippen LogP contribution in [0.2, 0.25) is 0 Å². The lowest BCUT2D eigenvalue weighted by molar-refractivity contribution is -0.131. The van der Waals surface area contributed by atoms with Crippen LogP contribution < -0.4 is 16.1 Å². The zero-order chi connectivity index (χ0) is 40.1. The van der Waals surface area contributed by atoms with Gasteiger partial charge in [0.05, 0.1) is 38.0 Å². The van der Waals surface area contributed by atoms with E-state index in [-0.39, 0.29) is 43.3 Å². The first-order chi connectivity index (χ1) is 26.2. The second-order valence-corrected chi connectivity index (χ2v) is 16.4. The number of pyridine rings is 1. The van der Waals surface area contributed by atoms with Gasteiger partial charge in [-0.2, -0.15) is 0 Å². The molecule has 0 bridgehead atoms. The largest absolute Gasteiger partial charge is 0.453 e. The van der Waals surface area contributed by atoms with Gasteiger partial charge in [0.15, 0.2) is 0 Å². The number of amides is 5. The van der Waals surface area contributed by atoms with Crippen LogP contribution in [0.15, 0.2) is 60.7 Å². The van der Waals surface area contributed by atoms with Crippen LogP contribution in [0, 0.1) is 18.3 Å². The number of aromatic nitrogens is 1. The Morgan fingerprint density at radius 2 is 1.76 bits per heavy atom. The van der Waals surface area contributed by atoms with Crippen molar-refractivity contribution in [2.45, 2.75) is 98.5 Å². The van der Waals surface area contributed by atoms with E-state index in [1.165, 1.54) is 12.0 Å². The van der Waals surface area contributed by atoms with Crippen molar-refractivity contribution in [3.63, 3.8) is 0 Å². The van der Waals surface area contributed by atoms with Gasteiger partial charge in [-0.25, -0.2) is 14.6 Å². The molecule has 13 nitrogen and oxygen atoms in total. The number of aliphatic hydroxyl groups excluding tert-OH is 1. The topological polar surface area (TPSA) is 156 Å². The number of nitrogens with zero attached hydrogens (tertiary/aromatic N) is 4. The quantitative estimate of drug-likeness (QED) is 0.116. The molecule has 55 heavy (non-hydrogen) atoms. The number of ether oxygens (including phenoxy) is 1. The normalized spacial score (nSPS) is 15.4.